The zero-order chi connectivity index (χ0) is 36.5. The van der Waals surface area contributed by atoms with Crippen molar-refractivity contribution >= 4 is 35.8 Å². The van der Waals surface area contributed by atoms with E-state index in [4.69, 9.17) is 42.3 Å². The number of hydrogen-bond acceptors (Lipinski definition) is 16. The second kappa shape index (κ2) is 14.5. The van der Waals surface area contributed by atoms with Crippen molar-refractivity contribution in [1.82, 2.24) is 0 Å². The molecule has 10 atom stereocenters. The number of aliphatic hydroxyl groups is 1. The van der Waals surface area contributed by atoms with Crippen LogP contribution in [0.2, 0.25) is 0 Å². The molecule has 3 fully saturated rings. The van der Waals surface area contributed by atoms with Crippen LogP contribution in [-0.4, -0.2) is 97.0 Å². The quantitative estimate of drug-likeness (QED) is 0.288. The van der Waals surface area contributed by atoms with Crippen molar-refractivity contribution in [1.29, 1.82) is 0 Å². The van der Waals surface area contributed by atoms with E-state index in [9.17, 15) is 33.9 Å². The fourth-order valence-corrected chi connectivity index (χ4v) is 7.85. The number of furan rings is 1. The van der Waals surface area contributed by atoms with E-state index in [1.165, 1.54) is 19.6 Å². The molecule has 50 heavy (non-hydrogen) atoms. The average Bonchev–Trinajstić information content (AvgIpc) is 3.58. The highest BCUT2D eigenvalue weighted by atomic mass is 16.7. The summed E-state index contributed by atoms with van der Waals surface area (Å²) < 4.78 is 50.3. The summed E-state index contributed by atoms with van der Waals surface area (Å²) >= 11 is 0. The predicted octanol–water partition coefficient (Wildman–Crippen LogP) is 2.15. The summed E-state index contributed by atoms with van der Waals surface area (Å²) in [6.45, 7) is 5.83. The van der Waals surface area contributed by atoms with E-state index in [0.717, 1.165) is 27.7 Å². The topological polar surface area (TPSA) is 210 Å². The largest absolute Gasteiger partial charge is 0.472 e. The van der Waals surface area contributed by atoms with Gasteiger partial charge in [-0.25, -0.2) is 9.59 Å². The predicted molar refractivity (Wildman–Crippen MR) is 163 cm³/mol. The molecule has 2 aliphatic carbocycles. The number of methoxy groups -OCH3 is 1. The first kappa shape index (κ1) is 37.0. The van der Waals surface area contributed by atoms with Gasteiger partial charge in [-0.3, -0.25) is 19.2 Å². The molecule has 1 aromatic rings. The van der Waals surface area contributed by atoms with Crippen molar-refractivity contribution in [3.8, 4) is 0 Å². The van der Waals surface area contributed by atoms with Gasteiger partial charge >= 0.3 is 35.8 Å². The Bertz CT molecular complexity index is 1530. The zero-order valence-corrected chi connectivity index (χ0v) is 28.7. The highest BCUT2D eigenvalue weighted by molar-refractivity contribution is 5.91. The number of cyclic esters (lactones) is 1. The van der Waals surface area contributed by atoms with Crippen LogP contribution in [0, 0.1) is 11.3 Å². The van der Waals surface area contributed by atoms with E-state index in [0.29, 0.717) is 17.6 Å². The summed E-state index contributed by atoms with van der Waals surface area (Å²) in [7, 11) is 1.21. The van der Waals surface area contributed by atoms with E-state index >= 15 is 0 Å². The number of carbonyl (C=O) groups is 6. The zero-order valence-electron chi connectivity index (χ0n) is 28.7. The Hall–Kier alpha value is -4.28. The van der Waals surface area contributed by atoms with E-state index in [1.807, 2.05) is 0 Å². The van der Waals surface area contributed by atoms with Crippen LogP contribution < -0.4 is 0 Å². The lowest BCUT2D eigenvalue weighted by Crippen LogP contribution is -2.64. The first-order valence-corrected chi connectivity index (χ1v) is 16.3. The van der Waals surface area contributed by atoms with Crippen LogP contribution in [0.1, 0.15) is 78.4 Å². The molecule has 0 aromatic carbocycles. The third kappa shape index (κ3) is 7.01. The molecular weight excluding hydrogens is 664 g/mol. The molecule has 3 heterocycles. The molecule has 16 nitrogen and oxygen atoms in total. The van der Waals surface area contributed by atoms with E-state index in [-0.39, 0.29) is 31.3 Å². The number of rotatable bonds is 9. The molecule has 1 saturated carbocycles. The van der Waals surface area contributed by atoms with Crippen molar-refractivity contribution in [2.45, 2.75) is 115 Å². The second-order valence-corrected chi connectivity index (χ2v) is 13.2. The van der Waals surface area contributed by atoms with Gasteiger partial charge in [0.25, 0.3) is 0 Å². The Morgan fingerprint density at radius 3 is 2.20 bits per heavy atom. The molecule has 1 N–H and O–H groups in total. The summed E-state index contributed by atoms with van der Waals surface area (Å²) in [6.07, 6.45) is -5.13. The Labute approximate surface area is 287 Å². The van der Waals surface area contributed by atoms with Gasteiger partial charge < -0.3 is 47.4 Å². The highest BCUT2D eigenvalue weighted by Crippen LogP contribution is 2.61. The van der Waals surface area contributed by atoms with Crippen LogP contribution >= 0.6 is 0 Å². The summed E-state index contributed by atoms with van der Waals surface area (Å²) in [5, 5.41) is 11.9. The van der Waals surface area contributed by atoms with Crippen LogP contribution in [0.3, 0.4) is 0 Å². The number of esters is 6. The van der Waals surface area contributed by atoms with Crippen LogP contribution in [0.5, 0.6) is 0 Å². The van der Waals surface area contributed by atoms with Gasteiger partial charge in [-0.05, 0) is 44.1 Å². The molecule has 0 spiro atoms. The van der Waals surface area contributed by atoms with Gasteiger partial charge in [0.15, 0.2) is 30.2 Å². The SMILES string of the molecule is COC(=O)C1=C2CC[C@@]3(O)C(=O)O[C@H](c4ccoc4)C[C@@]3(C)[C@@H]2CC[C@H]1O[C@@H]1O[C@H](COC(C)=O)[C@@H](OC(C)=O)[C@H](OC(C)=O)[C@H]1OC(C)=O. The molecule has 2 aliphatic heterocycles. The first-order chi connectivity index (χ1) is 23.6. The Kier molecular flexibility index (Phi) is 10.7. The number of fused-ring (bicyclic) bond motifs is 3. The Morgan fingerprint density at radius 1 is 0.940 bits per heavy atom. The maximum Gasteiger partial charge on any atom is 0.339 e. The van der Waals surface area contributed by atoms with Crippen molar-refractivity contribution in [2.75, 3.05) is 13.7 Å². The van der Waals surface area contributed by atoms with Crippen LogP contribution in [-0.2, 0) is 66.7 Å². The minimum Gasteiger partial charge on any atom is -0.472 e. The van der Waals surface area contributed by atoms with Gasteiger partial charge in [0.2, 0.25) is 0 Å². The minimum absolute atomic E-state index is 0.0431. The second-order valence-electron chi connectivity index (χ2n) is 13.2. The monoisotopic (exact) mass is 706 g/mol. The summed E-state index contributed by atoms with van der Waals surface area (Å²) in [4.78, 5) is 75.5. The molecule has 0 radical (unpaired) electrons. The molecule has 0 unspecified atom stereocenters. The van der Waals surface area contributed by atoms with Gasteiger partial charge in [0.1, 0.15) is 18.8 Å². The van der Waals surface area contributed by atoms with Crippen LogP contribution in [0.25, 0.3) is 0 Å². The number of hydrogen-bond donors (Lipinski definition) is 1. The van der Waals surface area contributed by atoms with E-state index < -0.39 is 102 Å². The summed E-state index contributed by atoms with van der Waals surface area (Å²) in [5.74, 6) is -5.04. The molecule has 274 valence electrons. The van der Waals surface area contributed by atoms with Crippen LogP contribution in [0.4, 0.5) is 0 Å². The van der Waals surface area contributed by atoms with Crippen molar-refractivity contribution in [3.05, 3.63) is 35.3 Å². The van der Waals surface area contributed by atoms with Gasteiger partial charge in [0, 0.05) is 38.7 Å². The van der Waals surface area contributed by atoms with Crippen molar-refractivity contribution in [3.63, 3.8) is 0 Å². The van der Waals surface area contributed by atoms with Crippen molar-refractivity contribution < 1.29 is 76.2 Å². The van der Waals surface area contributed by atoms with E-state index in [2.05, 4.69) is 0 Å². The fraction of sp³-hybridized carbons (Fsp3) is 0.647. The minimum atomic E-state index is -1.84. The van der Waals surface area contributed by atoms with Gasteiger partial charge in [0.05, 0.1) is 31.3 Å². The standard InChI is InChI=1S/C34H42O16/c1-16(35)44-15-25-27(45-17(2)36)28(46-18(3)37)29(47-19(4)38)31(49-25)48-23-8-7-22-21(26(23)30(39)42-6)9-11-34(41)32(40)50-24(13-33(22,34)5)20-10-12-43-14-20/h10,12,14,22-25,27-29,31,41H,7-9,11,13,15H2,1-6H3/t22-,23-,24+,25-,27-,28+,29-,31-,33+,34-/m1/s1. The average molecular weight is 707 g/mol. The third-order valence-electron chi connectivity index (χ3n) is 10.0. The molecular formula is C34H42O16. The Balaban J connectivity index is 1.53. The van der Waals surface area contributed by atoms with Gasteiger partial charge in [-0.2, -0.15) is 0 Å². The maximum atomic E-state index is 13.6. The lowest BCUT2D eigenvalue weighted by molar-refractivity contribution is -0.315. The summed E-state index contributed by atoms with van der Waals surface area (Å²) in [5.41, 5.74) is -1.52. The number of ether oxygens (including phenoxy) is 8. The molecule has 5 rings (SSSR count). The normalized spacial score (nSPS) is 35.1. The van der Waals surface area contributed by atoms with Crippen LogP contribution in [0.15, 0.2) is 34.2 Å². The molecule has 16 heteroatoms. The fourth-order valence-electron chi connectivity index (χ4n) is 7.85. The molecule has 1 aromatic heterocycles. The first-order valence-electron chi connectivity index (χ1n) is 16.3. The Morgan fingerprint density at radius 2 is 1.60 bits per heavy atom. The maximum absolute atomic E-state index is 13.6. The van der Waals surface area contributed by atoms with Gasteiger partial charge in [-0.1, -0.05) is 12.5 Å². The molecule has 2 saturated heterocycles. The number of carbonyl (C=O) groups excluding carboxylic acids is 6. The van der Waals surface area contributed by atoms with E-state index in [1.54, 1.807) is 13.0 Å². The lowest BCUT2D eigenvalue weighted by Gasteiger charge is -2.58. The van der Waals surface area contributed by atoms with Gasteiger partial charge in [-0.15, -0.1) is 0 Å². The third-order valence-corrected chi connectivity index (χ3v) is 10.0. The molecule has 0 amide bonds. The molecule has 4 aliphatic rings. The molecule has 0 bridgehead atoms. The van der Waals surface area contributed by atoms with Crippen molar-refractivity contribution in [2.24, 2.45) is 11.3 Å². The lowest BCUT2D eigenvalue weighted by atomic mass is 9.50. The smallest absolute Gasteiger partial charge is 0.339 e. The summed E-state index contributed by atoms with van der Waals surface area (Å²) in [6, 6.07) is 1.68. The number of allylic oxidation sites excluding steroid dienone is 1. The highest BCUT2D eigenvalue weighted by Gasteiger charge is 2.65.